The van der Waals surface area contributed by atoms with Crippen LogP contribution in [0.3, 0.4) is 0 Å². The summed E-state index contributed by atoms with van der Waals surface area (Å²) in [5, 5.41) is 11.9. The number of halogens is 1. The number of amides is 1. The molecule has 0 bridgehead atoms. The molecule has 6 heteroatoms. The number of carboxylic acid groups (broad SMARTS) is 1. The van der Waals surface area contributed by atoms with E-state index in [1.165, 1.54) is 0 Å². The Hall–Kier alpha value is -1.49. The van der Waals surface area contributed by atoms with Crippen molar-refractivity contribution >= 4 is 23.5 Å². The number of aromatic nitrogens is 1. The predicted molar refractivity (Wildman–Crippen MR) is 73.5 cm³/mol. The van der Waals surface area contributed by atoms with E-state index >= 15 is 0 Å². The van der Waals surface area contributed by atoms with Crippen molar-refractivity contribution in [3.05, 3.63) is 23.0 Å². The van der Waals surface area contributed by atoms with Gasteiger partial charge in [0.15, 0.2) is 0 Å². The smallest absolute Gasteiger partial charge is 0.303 e. The van der Waals surface area contributed by atoms with Gasteiger partial charge in [0.25, 0.3) is 5.91 Å². The quantitative estimate of drug-likeness (QED) is 0.808. The third kappa shape index (κ3) is 4.95. The molecule has 0 spiro atoms. The zero-order chi connectivity index (χ0) is 14.4. The number of aryl methyl sites for hydroxylation is 1. The van der Waals surface area contributed by atoms with Gasteiger partial charge < -0.3 is 15.0 Å². The van der Waals surface area contributed by atoms with Crippen LogP contribution < -0.4 is 5.32 Å². The van der Waals surface area contributed by atoms with Crippen molar-refractivity contribution in [2.75, 3.05) is 6.54 Å². The number of nitrogens with one attached hydrogen (secondary N) is 1. The molecule has 2 N–H and O–H groups in total. The minimum Gasteiger partial charge on any atom is -0.481 e. The molecule has 0 radical (unpaired) electrons. The van der Waals surface area contributed by atoms with E-state index in [1.807, 2.05) is 13.8 Å². The third-order valence-electron chi connectivity index (χ3n) is 2.90. The molecule has 5 nitrogen and oxygen atoms in total. The van der Waals surface area contributed by atoms with E-state index in [4.69, 9.17) is 16.7 Å². The highest BCUT2D eigenvalue weighted by Crippen LogP contribution is 2.14. The van der Waals surface area contributed by atoms with Crippen molar-refractivity contribution in [2.45, 2.75) is 33.2 Å². The fraction of sp³-hybridized carbons (Fsp3) is 0.538. The standard InChI is InChI=1S/C13H19ClN2O3/c1-3-16-8-10(14)6-11(16)13(19)15-7-9(2)4-5-12(17)18/h6,8-9H,3-5,7H2,1-2H3,(H,15,19)(H,17,18). The molecule has 0 fully saturated rings. The summed E-state index contributed by atoms with van der Waals surface area (Å²) >= 11 is 5.87. The molecule has 1 unspecified atom stereocenters. The van der Waals surface area contributed by atoms with Crippen LogP contribution in [-0.2, 0) is 11.3 Å². The molecule has 0 saturated heterocycles. The van der Waals surface area contributed by atoms with Crippen LogP contribution in [0, 0.1) is 5.92 Å². The van der Waals surface area contributed by atoms with E-state index in [9.17, 15) is 9.59 Å². The Morgan fingerprint density at radius 2 is 2.21 bits per heavy atom. The van der Waals surface area contributed by atoms with Gasteiger partial charge in [0, 0.05) is 25.7 Å². The maximum Gasteiger partial charge on any atom is 0.303 e. The molecule has 1 atom stereocenters. The Morgan fingerprint density at radius 3 is 2.79 bits per heavy atom. The van der Waals surface area contributed by atoms with Crippen LogP contribution in [0.5, 0.6) is 0 Å². The minimum absolute atomic E-state index is 0.119. The maximum atomic E-state index is 12.0. The van der Waals surface area contributed by atoms with E-state index in [-0.39, 0.29) is 18.2 Å². The second kappa shape index (κ2) is 7.19. The topological polar surface area (TPSA) is 71.3 Å². The maximum absolute atomic E-state index is 12.0. The molecule has 19 heavy (non-hydrogen) atoms. The van der Waals surface area contributed by atoms with Gasteiger partial charge in [0.05, 0.1) is 5.02 Å². The van der Waals surface area contributed by atoms with Crippen molar-refractivity contribution in [1.29, 1.82) is 0 Å². The highest BCUT2D eigenvalue weighted by atomic mass is 35.5. The summed E-state index contributed by atoms with van der Waals surface area (Å²) in [5.74, 6) is -0.874. The average Bonchev–Trinajstić information content (AvgIpc) is 2.74. The number of carbonyl (C=O) groups excluding carboxylic acids is 1. The summed E-state index contributed by atoms with van der Waals surface area (Å²) in [6.07, 6.45) is 2.38. The van der Waals surface area contributed by atoms with Gasteiger partial charge in [-0.05, 0) is 25.3 Å². The van der Waals surface area contributed by atoms with Crippen molar-refractivity contribution in [2.24, 2.45) is 5.92 Å². The average molecular weight is 287 g/mol. The summed E-state index contributed by atoms with van der Waals surface area (Å²) in [5.41, 5.74) is 0.526. The van der Waals surface area contributed by atoms with Gasteiger partial charge in [-0.2, -0.15) is 0 Å². The zero-order valence-corrected chi connectivity index (χ0v) is 11.9. The molecular formula is C13H19ClN2O3. The summed E-state index contributed by atoms with van der Waals surface area (Å²) < 4.78 is 1.78. The monoisotopic (exact) mass is 286 g/mol. The van der Waals surface area contributed by atoms with Gasteiger partial charge in [0.2, 0.25) is 0 Å². The van der Waals surface area contributed by atoms with Crippen LogP contribution in [0.1, 0.15) is 37.2 Å². The molecular weight excluding hydrogens is 268 g/mol. The highest BCUT2D eigenvalue weighted by Gasteiger charge is 2.13. The van der Waals surface area contributed by atoms with Crippen LogP contribution in [0.4, 0.5) is 0 Å². The lowest BCUT2D eigenvalue weighted by molar-refractivity contribution is -0.137. The summed E-state index contributed by atoms with van der Waals surface area (Å²) in [6, 6.07) is 1.63. The van der Waals surface area contributed by atoms with Gasteiger partial charge in [-0.25, -0.2) is 0 Å². The van der Waals surface area contributed by atoms with Crippen molar-refractivity contribution < 1.29 is 14.7 Å². The Labute approximate surface area is 117 Å². The van der Waals surface area contributed by atoms with Crippen LogP contribution >= 0.6 is 11.6 Å². The molecule has 1 amide bonds. The Balaban J connectivity index is 2.48. The molecule has 106 valence electrons. The van der Waals surface area contributed by atoms with E-state index in [2.05, 4.69) is 5.32 Å². The number of hydrogen-bond acceptors (Lipinski definition) is 2. The molecule has 1 rings (SSSR count). The largest absolute Gasteiger partial charge is 0.481 e. The summed E-state index contributed by atoms with van der Waals surface area (Å²) in [6.45, 7) is 4.97. The van der Waals surface area contributed by atoms with Crippen molar-refractivity contribution in [3.8, 4) is 0 Å². The fourth-order valence-electron chi connectivity index (χ4n) is 1.76. The molecule has 0 aliphatic heterocycles. The van der Waals surface area contributed by atoms with E-state index in [0.717, 1.165) is 0 Å². The van der Waals surface area contributed by atoms with Gasteiger partial charge in [-0.1, -0.05) is 18.5 Å². The lowest BCUT2D eigenvalue weighted by Gasteiger charge is -2.12. The number of hydrogen-bond donors (Lipinski definition) is 2. The first kappa shape index (κ1) is 15.6. The first-order valence-electron chi connectivity index (χ1n) is 6.29. The van der Waals surface area contributed by atoms with Crippen LogP contribution in [0.25, 0.3) is 0 Å². The second-order valence-electron chi connectivity index (χ2n) is 4.58. The number of aliphatic carboxylic acids is 1. The number of rotatable bonds is 7. The molecule has 0 saturated carbocycles. The van der Waals surface area contributed by atoms with Gasteiger partial charge >= 0.3 is 5.97 Å². The minimum atomic E-state index is -0.815. The first-order valence-corrected chi connectivity index (χ1v) is 6.67. The van der Waals surface area contributed by atoms with Crippen LogP contribution in [0.2, 0.25) is 5.02 Å². The third-order valence-corrected chi connectivity index (χ3v) is 3.11. The molecule has 1 heterocycles. The van der Waals surface area contributed by atoms with Crippen molar-refractivity contribution in [1.82, 2.24) is 9.88 Å². The van der Waals surface area contributed by atoms with E-state index < -0.39 is 5.97 Å². The Morgan fingerprint density at radius 1 is 1.53 bits per heavy atom. The number of carbonyl (C=O) groups is 2. The van der Waals surface area contributed by atoms with E-state index in [0.29, 0.717) is 30.2 Å². The number of carboxylic acids is 1. The van der Waals surface area contributed by atoms with Crippen molar-refractivity contribution in [3.63, 3.8) is 0 Å². The van der Waals surface area contributed by atoms with Crippen LogP contribution in [0.15, 0.2) is 12.3 Å². The molecule has 0 aliphatic rings. The molecule has 1 aromatic rings. The summed E-state index contributed by atoms with van der Waals surface area (Å²) in [4.78, 5) is 22.4. The lowest BCUT2D eigenvalue weighted by atomic mass is 10.1. The van der Waals surface area contributed by atoms with Gasteiger partial charge in [-0.3, -0.25) is 9.59 Å². The second-order valence-corrected chi connectivity index (χ2v) is 5.01. The zero-order valence-electron chi connectivity index (χ0n) is 11.1. The number of nitrogens with zero attached hydrogens (tertiary/aromatic N) is 1. The lowest BCUT2D eigenvalue weighted by Crippen LogP contribution is -2.30. The van der Waals surface area contributed by atoms with E-state index in [1.54, 1.807) is 16.8 Å². The SMILES string of the molecule is CCn1cc(Cl)cc1C(=O)NCC(C)CCC(=O)O. The highest BCUT2D eigenvalue weighted by molar-refractivity contribution is 6.31. The molecule has 0 aromatic carbocycles. The molecule has 0 aliphatic carbocycles. The molecule has 1 aromatic heterocycles. The van der Waals surface area contributed by atoms with Gasteiger partial charge in [0.1, 0.15) is 5.69 Å². The first-order chi connectivity index (χ1) is 8.93. The Bertz CT molecular complexity index is 457. The van der Waals surface area contributed by atoms with Gasteiger partial charge in [-0.15, -0.1) is 0 Å². The predicted octanol–water partition coefficient (Wildman–Crippen LogP) is 2.39. The normalized spacial score (nSPS) is 12.2. The Kier molecular flexibility index (Phi) is 5.89. The fourth-order valence-corrected chi connectivity index (χ4v) is 1.98. The van der Waals surface area contributed by atoms with Crippen LogP contribution in [-0.4, -0.2) is 28.1 Å². The summed E-state index contributed by atoms with van der Waals surface area (Å²) in [7, 11) is 0.